The van der Waals surface area contributed by atoms with E-state index < -0.39 is 0 Å². The summed E-state index contributed by atoms with van der Waals surface area (Å²) in [5, 5.41) is 3.14. The van der Waals surface area contributed by atoms with Gasteiger partial charge in [0.1, 0.15) is 0 Å². The number of carbonyl (C=O) groups is 1. The molecule has 0 spiro atoms. The highest BCUT2D eigenvalue weighted by Crippen LogP contribution is 2.37. The lowest BCUT2D eigenvalue weighted by Gasteiger charge is -2.52. The van der Waals surface area contributed by atoms with Crippen LogP contribution in [0.2, 0.25) is 0 Å². The topological polar surface area (TPSA) is 32.3 Å². The number of carbonyl (C=O) groups excluding carboxylic acids is 1. The maximum absolute atomic E-state index is 12.5. The lowest BCUT2D eigenvalue weighted by atomic mass is 9.80. The van der Waals surface area contributed by atoms with Crippen molar-refractivity contribution in [2.45, 2.75) is 71.0 Å². The molecule has 1 aliphatic heterocycles. The molecule has 1 unspecified atom stereocenters. The molecule has 1 heterocycles. The second kappa shape index (κ2) is 6.41. The minimum atomic E-state index is 0.0460. The van der Waals surface area contributed by atoms with Crippen LogP contribution in [0, 0.1) is 0 Å². The summed E-state index contributed by atoms with van der Waals surface area (Å²) in [4.78, 5) is 14.9. The lowest BCUT2D eigenvalue weighted by Crippen LogP contribution is -2.60. The van der Waals surface area contributed by atoms with E-state index in [1.165, 1.54) is 6.42 Å². The number of nitrogens with one attached hydrogen (secondary N) is 1. The predicted molar refractivity (Wildman–Crippen MR) is 91.7 cm³/mol. The molecule has 0 saturated carbocycles. The monoisotopic (exact) mass is 302 g/mol. The van der Waals surface area contributed by atoms with E-state index in [0.29, 0.717) is 6.54 Å². The standard InChI is InChI=1S/C19H30N2O/c1-15(16-10-7-6-8-11-16)20-17(22)14-21-18(2,3)12-9-13-19(21,4)5/h6-8,10-11,15H,9,12-14H2,1-5H3,(H,20,22). The van der Waals surface area contributed by atoms with Gasteiger partial charge in [0, 0.05) is 11.1 Å². The zero-order valence-corrected chi connectivity index (χ0v) is 14.6. The van der Waals surface area contributed by atoms with Crippen LogP contribution in [0.3, 0.4) is 0 Å². The van der Waals surface area contributed by atoms with Crippen molar-refractivity contribution in [2.75, 3.05) is 6.54 Å². The Balaban J connectivity index is 2.01. The molecule has 1 saturated heterocycles. The number of hydrogen-bond acceptors (Lipinski definition) is 2. The number of benzene rings is 1. The van der Waals surface area contributed by atoms with Crippen LogP contribution in [-0.4, -0.2) is 28.4 Å². The molecule has 1 atom stereocenters. The van der Waals surface area contributed by atoms with Gasteiger partial charge in [-0.1, -0.05) is 30.3 Å². The van der Waals surface area contributed by atoms with Crippen LogP contribution in [0.15, 0.2) is 30.3 Å². The molecule has 1 aromatic carbocycles. The Labute approximate surface area is 135 Å². The fraction of sp³-hybridized carbons (Fsp3) is 0.632. The first kappa shape index (κ1) is 17.0. The summed E-state index contributed by atoms with van der Waals surface area (Å²) in [6.07, 6.45) is 3.54. The molecule has 122 valence electrons. The predicted octanol–water partition coefficient (Wildman–Crippen LogP) is 3.91. The Morgan fingerprint density at radius 2 is 1.68 bits per heavy atom. The molecule has 22 heavy (non-hydrogen) atoms. The highest BCUT2D eigenvalue weighted by molar-refractivity contribution is 5.78. The first-order valence-electron chi connectivity index (χ1n) is 8.34. The van der Waals surface area contributed by atoms with Gasteiger partial charge in [0.05, 0.1) is 12.6 Å². The van der Waals surface area contributed by atoms with Crippen LogP contribution in [0.5, 0.6) is 0 Å². The minimum Gasteiger partial charge on any atom is -0.348 e. The van der Waals surface area contributed by atoms with Crippen LogP contribution in [0.25, 0.3) is 0 Å². The first-order chi connectivity index (χ1) is 10.2. The molecular formula is C19H30N2O. The van der Waals surface area contributed by atoms with Crippen LogP contribution in [0.4, 0.5) is 0 Å². The lowest BCUT2D eigenvalue weighted by molar-refractivity contribution is -0.129. The molecule has 1 amide bonds. The maximum Gasteiger partial charge on any atom is 0.234 e. The van der Waals surface area contributed by atoms with Gasteiger partial charge in [-0.05, 0) is 59.4 Å². The molecule has 1 N–H and O–H groups in total. The summed E-state index contributed by atoms with van der Waals surface area (Å²) in [7, 11) is 0. The number of rotatable bonds is 4. The summed E-state index contributed by atoms with van der Waals surface area (Å²) in [5.41, 5.74) is 1.30. The van der Waals surface area contributed by atoms with Gasteiger partial charge >= 0.3 is 0 Å². The van der Waals surface area contributed by atoms with Crippen molar-refractivity contribution in [1.29, 1.82) is 0 Å². The van der Waals surface area contributed by atoms with Gasteiger partial charge in [0.15, 0.2) is 0 Å². The summed E-state index contributed by atoms with van der Waals surface area (Å²) in [5.74, 6) is 0.111. The number of likely N-dealkylation sites (tertiary alicyclic amines) is 1. The highest BCUT2D eigenvalue weighted by Gasteiger charge is 2.41. The Hall–Kier alpha value is -1.35. The van der Waals surface area contributed by atoms with E-state index in [0.717, 1.165) is 18.4 Å². The summed E-state index contributed by atoms with van der Waals surface area (Å²) in [6.45, 7) is 11.5. The summed E-state index contributed by atoms with van der Waals surface area (Å²) >= 11 is 0. The fourth-order valence-electron chi connectivity index (χ4n) is 3.73. The van der Waals surface area contributed by atoms with Crippen molar-refractivity contribution in [3.63, 3.8) is 0 Å². The second-order valence-electron chi connectivity index (χ2n) is 7.76. The van der Waals surface area contributed by atoms with E-state index in [4.69, 9.17) is 0 Å². The molecule has 0 aliphatic carbocycles. The molecule has 3 nitrogen and oxygen atoms in total. The highest BCUT2D eigenvalue weighted by atomic mass is 16.2. The van der Waals surface area contributed by atoms with Crippen molar-refractivity contribution >= 4 is 5.91 Å². The molecule has 0 bridgehead atoms. The van der Waals surface area contributed by atoms with Gasteiger partial charge in [-0.3, -0.25) is 9.69 Å². The Morgan fingerprint density at radius 1 is 1.14 bits per heavy atom. The van der Waals surface area contributed by atoms with Crippen LogP contribution in [-0.2, 0) is 4.79 Å². The zero-order chi connectivity index (χ0) is 16.4. The molecule has 1 fully saturated rings. The van der Waals surface area contributed by atoms with E-state index >= 15 is 0 Å². The molecule has 1 aromatic rings. The van der Waals surface area contributed by atoms with Crippen molar-refractivity contribution in [3.8, 4) is 0 Å². The van der Waals surface area contributed by atoms with Gasteiger partial charge in [-0.15, -0.1) is 0 Å². The average Bonchev–Trinajstić information content (AvgIpc) is 2.43. The number of piperidine rings is 1. The van der Waals surface area contributed by atoms with E-state index in [1.54, 1.807) is 0 Å². The van der Waals surface area contributed by atoms with E-state index in [1.807, 2.05) is 25.1 Å². The fourth-order valence-corrected chi connectivity index (χ4v) is 3.73. The second-order valence-corrected chi connectivity index (χ2v) is 7.76. The van der Waals surface area contributed by atoms with E-state index in [2.05, 4.69) is 50.0 Å². The van der Waals surface area contributed by atoms with Crippen LogP contribution >= 0.6 is 0 Å². The third-order valence-electron chi connectivity index (χ3n) is 5.02. The third-order valence-corrected chi connectivity index (χ3v) is 5.02. The van der Waals surface area contributed by atoms with Crippen LogP contribution in [0.1, 0.15) is 65.5 Å². The Kier molecular flexibility index (Phi) is 4.96. The normalized spacial score (nSPS) is 22.0. The third kappa shape index (κ3) is 3.89. The SMILES string of the molecule is CC(NC(=O)CN1C(C)(C)CCCC1(C)C)c1ccccc1. The molecule has 2 rings (SSSR count). The van der Waals surface area contributed by atoms with Gasteiger partial charge < -0.3 is 5.32 Å². The summed E-state index contributed by atoms with van der Waals surface area (Å²) in [6, 6.07) is 10.2. The van der Waals surface area contributed by atoms with Crippen molar-refractivity contribution < 1.29 is 4.79 Å². The first-order valence-corrected chi connectivity index (χ1v) is 8.34. The number of nitrogens with zero attached hydrogens (tertiary/aromatic N) is 1. The number of hydrogen-bond donors (Lipinski definition) is 1. The van der Waals surface area contributed by atoms with Gasteiger partial charge in [-0.25, -0.2) is 0 Å². The minimum absolute atomic E-state index is 0.0460. The smallest absolute Gasteiger partial charge is 0.234 e. The molecule has 0 aromatic heterocycles. The van der Waals surface area contributed by atoms with Crippen molar-refractivity contribution in [1.82, 2.24) is 10.2 Å². The van der Waals surface area contributed by atoms with Crippen molar-refractivity contribution in [2.24, 2.45) is 0 Å². The summed E-state index contributed by atoms with van der Waals surface area (Å²) < 4.78 is 0. The average molecular weight is 302 g/mol. The quantitative estimate of drug-likeness (QED) is 0.914. The van der Waals surface area contributed by atoms with Gasteiger partial charge in [-0.2, -0.15) is 0 Å². The number of amides is 1. The van der Waals surface area contributed by atoms with Crippen LogP contribution < -0.4 is 5.32 Å². The van der Waals surface area contributed by atoms with Gasteiger partial charge in [0.25, 0.3) is 0 Å². The van der Waals surface area contributed by atoms with Crippen molar-refractivity contribution in [3.05, 3.63) is 35.9 Å². The Bertz CT molecular complexity index is 491. The Morgan fingerprint density at radius 3 is 2.23 bits per heavy atom. The van der Waals surface area contributed by atoms with E-state index in [9.17, 15) is 4.79 Å². The maximum atomic E-state index is 12.5. The largest absolute Gasteiger partial charge is 0.348 e. The van der Waals surface area contributed by atoms with E-state index in [-0.39, 0.29) is 23.0 Å². The van der Waals surface area contributed by atoms with Gasteiger partial charge in [0.2, 0.25) is 5.91 Å². The molecule has 1 aliphatic rings. The molecule has 3 heteroatoms. The molecular weight excluding hydrogens is 272 g/mol. The molecule has 0 radical (unpaired) electrons. The zero-order valence-electron chi connectivity index (χ0n) is 14.6.